The molecule has 0 bridgehead atoms. The Morgan fingerprint density at radius 1 is 1.40 bits per heavy atom. The van der Waals surface area contributed by atoms with Crippen molar-refractivity contribution >= 4 is 24.0 Å². The molecular weight excluding hydrogens is 212 g/mol. The Morgan fingerprint density at radius 3 is 2.53 bits per heavy atom. The summed E-state index contributed by atoms with van der Waals surface area (Å²) >= 11 is 0. The van der Waals surface area contributed by atoms with Crippen LogP contribution in [0.1, 0.15) is 18.1 Å². The molecule has 0 heterocycles. The average Bonchev–Trinajstić information content (AvgIpc) is 2.12. The zero-order chi connectivity index (χ0) is 10.7. The van der Waals surface area contributed by atoms with Gasteiger partial charge in [-0.3, -0.25) is 4.79 Å². The van der Waals surface area contributed by atoms with E-state index in [9.17, 15) is 4.79 Å². The largest absolute Gasteiger partial charge is 0.324 e. The standard InChI is InChI=1S/C11H16N2O.ClH/c1-7-5-4-6-10(8(7)2)13-11(14)9(3)12;/h4-6,9H,12H2,1-3H3,(H,13,14);1H. The fourth-order valence-electron chi connectivity index (χ4n) is 1.13. The molecule has 0 spiro atoms. The number of amides is 1. The molecule has 0 aliphatic heterocycles. The van der Waals surface area contributed by atoms with Crippen molar-refractivity contribution in [2.45, 2.75) is 26.8 Å². The molecule has 84 valence electrons. The second-order valence-corrected chi connectivity index (χ2v) is 3.53. The third-order valence-electron chi connectivity index (χ3n) is 2.28. The number of anilines is 1. The number of hydrogen-bond acceptors (Lipinski definition) is 2. The molecule has 0 saturated carbocycles. The lowest BCUT2D eigenvalue weighted by atomic mass is 10.1. The Hall–Kier alpha value is -1.06. The van der Waals surface area contributed by atoms with Gasteiger partial charge in [0.2, 0.25) is 5.91 Å². The molecular formula is C11H17ClN2O. The predicted octanol–water partition coefficient (Wildman–Crippen LogP) is 2.01. The van der Waals surface area contributed by atoms with Crippen molar-refractivity contribution in [2.75, 3.05) is 5.32 Å². The minimum absolute atomic E-state index is 0. The minimum atomic E-state index is -0.477. The highest BCUT2D eigenvalue weighted by molar-refractivity contribution is 5.95. The number of carbonyl (C=O) groups excluding carboxylic acids is 1. The molecule has 1 unspecified atom stereocenters. The van der Waals surface area contributed by atoms with Crippen molar-refractivity contribution in [1.29, 1.82) is 0 Å². The van der Waals surface area contributed by atoms with E-state index in [0.29, 0.717) is 0 Å². The summed E-state index contributed by atoms with van der Waals surface area (Å²) in [6.07, 6.45) is 0. The van der Waals surface area contributed by atoms with E-state index in [1.165, 1.54) is 0 Å². The molecule has 1 rings (SSSR count). The smallest absolute Gasteiger partial charge is 0.241 e. The fraction of sp³-hybridized carbons (Fsp3) is 0.364. The lowest BCUT2D eigenvalue weighted by molar-refractivity contribution is -0.117. The van der Waals surface area contributed by atoms with E-state index < -0.39 is 6.04 Å². The summed E-state index contributed by atoms with van der Waals surface area (Å²) < 4.78 is 0. The van der Waals surface area contributed by atoms with Crippen molar-refractivity contribution in [3.8, 4) is 0 Å². The summed E-state index contributed by atoms with van der Waals surface area (Å²) in [5.41, 5.74) is 8.54. The number of aryl methyl sites for hydroxylation is 1. The van der Waals surface area contributed by atoms with Gasteiger partial charge in [-0.15, -0.1) is 12.4 Å². The molecule has 1 aromatic carbocycles. The van der Waals surface area contributed by atoms with E-state index >= 15 is 0 Å². The van der Waals surface area contributed by atoms with Gasteiger partial charge in [0.05, 0.1) is 6.04 Å². The van der Waals surface area contributed by atoms with Crippen molar-refractivity contribution in [2.24, 2.45) is 5.73 Å². The molecule has 1 amide bonds. The van der Waals surface area contributed by atoms with Gasteiger partial charge >= 0.3 is 0 Å². The number of nitrogens with one attached hydrogen (secondary N) is 1. The van der Waals surface area contributed by atoms with Crippen LogP contribution < -0.4 is 11.1 Å². The minimum Gasteiger partial charge on any atom is -0.324 e. The maximum absolute atomic E-state index is 11.3. The maximum atomic E-state index is 11.3. The quantitative estimate of drug-likeness (QED) is 0.814. The highest BCUT2D eigenvalue weighted by atomic mass is 35.5. The first-order valence-electron chi connectivity index (χ1n) is 4.65. The maximum Gasteiger partial charge on any atom is 0.241 e. The zero-order valence-corrected chi connectivity index (χ0v) is 10.0. The van der Waals surface area contributed by atoms with E-state index in [1.807, 2.05) is 32.0 Å². The van der Waals surface area contributed by atoms with Crippen LogP contribution in [0, 0.1) is 13.8 Å². The average molecular weight is 229 g/mol. The van der Waals surface area contributed by atoms with Gasteiger partial charge in [0.25, 0.3) is 0 Å². The normalized spacial score (nSPS) is 11.5. The van der Waals surface area contributed by atoms with Crippen LogP contribution in [0.5, 0.6) is 0 Å². The third-order valence-corrected chi connectivity index (χ3v) is 2.28. The van der Waals surface area contributed by atoms with Crippen LogP contribution in [-0.4, -0.2) is 11.9 Å². The van der Waals surface area contributed by atoms with Crippen LogP contribution in [0.2, 0.25) is 0 Å². The first kappa shape index (κ1) is 13.9. The van der Waals surface area contributed by atoms with Gasteiger partial charge in [0.15, 0.2) is 0 Å². The summed E-state index contributed by atoms with van der Waals surface area (Å²) in [4.78, 5) is 11.3. The summed E-state index contributed by atoms with van der Waals surface area (Å²) in [5, 5.41) is 2.79. The molecule has 0 aliphatic carbocycles. The molecule has 0 saturated heterocycles. The summed E-state index contributed by atoms with van der Waals surface area (Å²) in [5.74, 6) is -0.154. The summed E-state index contributed by atoms with van der Waals surface area (Å²) in [7, 11) is 0. The third kappa shape index (κ3) is 3.53. The van der Waals surface area contributed by atoms with Crippen LogP contribution in [0.15, 0.2) is 18.2 Å². The summed E-state index contributed by atoms with van der Waals surface area (Å²) in [6.45, 7) is 5.66. The summed E-state index contributed by atoms with van der Waals surface area (Å²) in [6, 6.07) is 5.33. The van der Waals surface area contributed by atoms with Gasteiger partial charge in [-0.05, 0) is 38.0 Å². The zero-order valence-electron chi connectivity index (χ0n) is 9.20. The molecule has 15 heavy (non-hydrogen) atoms. The lowest BCUT2D eigenvalue weighted by Crippen LogP contribution is -2.32. The number of rotatable bonds is 2. The van der Waals surface area contributed by atoms with E-state index in [4.69, 9.17) is 5.73 Å². The number of benzene rings is 1. The molecule has 1 atom stereocenters. The molecule has 4 heteroatoms. The second-order valence-electron chi connectivity index (χ2n) is 3.53. The molecule has 0 radical (unpaired) electrons. The Kier molecular flexibility index (Phi) is 5.33. The highest BCUT2D eigenvalue weighted by Gasteiger charge is 2.09. The molecule has 0 aliphatic rings. The molecule has 3 N–H and O–H groups in total. The predicted molar refractivity (Wildman–Crippen MR) is 65.4 cm³/mol. The molecule has 3 nitrogen and oxygen atoms in total. The number of carbonyl (C=O) groups is 1. The van der Waals surface area contributed by atoms with E-state index in [-0.39, 0.29) is 18.3 Å². The van der Waals surface area contributed by atoms with Gasteiger partial charge in [-0.25, -0.2) is 0 Å². The van der Waals surface area contributed by atoms with Crippen LogP contribution in [0.25, 0.3) is 0 Å². The molecule has 0 fully saturated rings. The first-order chi connectivity index (χ1) is 6.52. The van der Waals surface area contributed by atoms with Crippen LogP contribution >= 0.6 is 12.4 Å². The Morgan fingerprint density at radius 2 is 2.00 bits per heavy atom. The van der Waals surface area contributed by atoms with Crippen LogP contribution in [0.4, 0.5) is 5.69 Å². The molecule has 0 aromatic heterocycles. The van der Waals surface area contributed by atoms with Gasteiger partial charge in [0.1, 0.15) is 0 Å². The topological polar surface area (TPSA) is 55.1 Å². The van der Waals surface area contributed by atoms with E-state index in [2.05, 4.69) is 5.32 Å². The van der Waals surface area contributed by atoms with Crippen molar-refractivity contribution in [3.63, 3.8) is 0 Å². The molecule has 1 aromatic rings. The SMILES string of the molecule is Cc1cccc(NC(=O)C(C)N)c1C.Cl. The van der Waals surface area contributed by atoms with E-state index in [1.54, 1.807) is 6.92 Å². The van der Waals surface area contributed by atoms with Crippen LogP contribution in [-0.2, 0) is 4.79 Å². The van der Waals surface area contributed by atoms with Crippen LogP contribution in [0.3, 0.4) is 0 Å². The number of nitrogens with two attached hydrogens (primary N) is 1. The van der Waals surface area contributed by atoms with Crippen molar-refractivity contribution in [3.05, 3.63) is 29.3 Å². The van der Waals surface area contributed by atoms with Gasteiger partial charge in [-0.1, -0.05) is 12.1 Å². The first-order valence-corrected chi connectivity index (χ1v) is 4.65. The van der Waals surface area contributed by atoms with Gasteiger partial charge < -0.3 is 11.1 Å². The Labute approximate surface area is 96.5 Å². The lowest BCUT2D eigenvalue weighted by Gasteiger charge is -2.11. The second kappa shape index (κ2) is 5.73. The van der Waals surface area contributed by atoms with Crippen molar-refractivity contribution < 1.29 is 4.79 Å². The van der Waals surface area contributed by atoms with E-state index in [0.717, 1.165) is 16.8 Å². The van der Waals surface area contributed by atoms with Gasteiger partial charge in [0, 0.05) is 5.69 Å². The van der Waals surface area contributed by atoms with Crippen molar-refractivity contribution in [1.82, 2.24) is 0 Å². The number of hydrogen-bond donors (Lipinski definition) is 2. The van der Waals surface area contributed by atoms with Gasteiger partial charge in [-0.2, -0.15) is 0 Å². The number of halogens is 1. The monoisotopic (exact) mass is 228 g/mol. The highest BCUT2D eigenvalue weighted by Crippen LogP contribution is 2.17. The Balaban J connectivity index is 0.00000196. The fourth-order valence-corrected chi connectivity index (χ4v) is 1.13. The Bertz CT molecular complexity index is 350.